The zero-order valence-corrected chi connectivity index (χ0v) is 18.4. The average molecular weight is 422 g/mol. The van der Waals surface area contributed by atoms with Crippen molar-refractivity contribution in [1.29, 1.82) is 0 Å². The molecule has 1 aliphatic heterocycles. The molecule has 1 aromatic carbocycles. The number of hydrogen-bond donors (Lipinski definition) is 0. The molecular formula is C23H27N5OS. The molecule has 30 heavy (non-hydrogen) atoms. The second-order valence-corrected chi connectivity index (χ2v) is 9.53. The normalized spacial score (nSPS) is 20.5. The second-order valence-electron chi connectivity index (χ2n) is 8.81. The zero-order chi connectivity index (χ0) is 20.7. The molecule has 7 heteroatoms. The van der Waals surface area contributed by atoms with E-state index in [9.17, 15) is 4.79 Å². The molecule has 6 nitrogen and oxygen atoms in total. The molecule has 1 saturated carbocycles. The van der Waals surface area contributed by atoms with Crippen molar-refractivity contribution < 1.29 is 4.79 Å². The number of carbonyl (C=O) groups is 1. The number of para-hydroxylation sites is 2. The number of nitrogens with zero attached hydrogens (tertiary/aromatic N) is 5. The highest BCUT2D eigenvalue weighted by molar-refractivity contribution is 7.07. The molecule has 0 bridgehead atoms. The van der Waals surface area contributed by atoms with Crippen LogP contribution >= 0.6 is 11.3 Å². The van der Waals surface area contributed by atoms with Crippen molar-refractivity contribution in [2.24, 2.45) is 11.3 Å². The molecule has 5 rings (SSSR count). The van der Waals surface area contributed by atoms with Gasteiger partial charge in [0.2, 0.25) is 5.91 Å². The summed E-state index contributed by atoms with van der Waals surface area (Å²) in [5.74, 6) is 0.471. The minimum absolute atomic E-state index is 0.186. The molecule has 156 valence electrons. The number of rotatable bonds is 5. The molecule has 1 amide bonds. The van der Waals surface area contributed by atoms with E-state index in [1.807, 2.05) is 54.0 Å². The van der Waals surface area contributed by atoms with Crippen LogP contribution in [0.2, 0.25) is 0 Å². The summed E-state index contributed by atoms with van der Waals surface area (Å²) in [6, 6.07) is 8.05. The number of carbonyl (C=O) groups excluding carboxylic acids is 1. The van der Waals surface area contributed by atoms with E-state index in [4.69, 9.17) is 9.97 Å². The molecule has 1 atom stereocenters. The molecule has 1 aliphatic carbocycles. The number of benzene rings is 1. The van der Waals surface area contributed by atoms with Gasteiger partial charge in [-0.15, -0.1) is 11.3 Å². The number of hydrogen-bond acceptors (Lipinski definition) is 6. The average Bonchev–Trinajstić information content (AvgIpc) is 3.18. The number of amides is 1. The monoisotopic (exact) mass is 421 g/mol. The fourth-order valence-corrected chi connectivity index (χ4v) is 5.34. The standard InChI is InChI=1S/C23H27N5OS/c1-16-21(26-20-6-4-3-5-19(20)25-16)13-28-9-7-23(8-10-28)11-18(23)22(29)27(2)12-17-14-30-15-24-17/h3-6,14-15,18H,7-13H2,1-2H3. The van der Waals surface area contributed by atoms with Crippen LogP contribution in [0.15, 0.2) is 35.2 Å². The van der Waals surface area contributed by atoms with Crippen LogP contribution in [0.3, 0.4) is 0 Å². The minimum atomic E-state index is 0.186. The number of piperidine rings is 1. The largest absolute Gasteiger partial charge is 0.340 e. The summed E-state index contributed by atoms with van der Waals surface area (Å²) in [4.78, 5) is 31.1. The fraction of sp³-hybridized carbons (Fsp3) is 0.478. The van der Waals surface area contributed by atoms with E-state index in [1.165, 1.54) is 0 Å². The molecule has 0 radical (unpaired) electrons. The fourth-order valence-electron chi connectivity index (χ4n) is 4.79. The van der Waals surface area contributed by atoms with Crippen LogP contribution in [0.4, 0.5) is 0 Å². The Morgan fingerprint density at radius 2 is 1.97 bits per heavy atom. The molecule has 2 aromatic heterocycles. The van der Waals surface area contributed by atoms with E-state index >= 15 is 0 Å². The van der Waals surface area contributed by atoms with E-state index in [0.29, 0.717) is 6.54 Å². The van der Waals surface area contributed by atoms with Crippen LogP contribution in [0.25, 0.3) is 11.0 Å². The van der Waals surface area contributed by atoms with Crippen molar-refractivity contribution in [2.45, 2.75) is 39.3 Å². The lowest BCUT2D eigenvalue weighted by molar-refractivity contribution is -0.133. The molecule has 0 N–H and O–H groups in total. The van der Waals surface area contributed by atoms with Gasteiger partial charge >= 0.3 is 0 Å². The Labute approximate surface area is 181 Å². The highest BCUT2D eigenvalue weighted by Gasteiger charge is 2.59. The van der Waals surface area contributed by atoms with Crippen LogP contribution < -0.4 is 0 Å². The van der Waals surface area contributed by atoms with E-state index in [-0.39, 0.29) is 17.2 Å². The zero-order valence-electron chi connectivity index (χ0n) is 17.5. The molecule has 2 fully saturated rings. The Hall–Kier alpha value is -2.38. The Morgan fingerprint density at radius 3 is 2.67 bits per heavy atom. The molecular weight excluding hydrogens is 394 g/mol. The van der Waals surface area contributed by atoms with Crippen molar-refractivity contribution in [3.05, 3.63) is 52.2 Å². The van der Waals surface area contributed by atoms with E-state index < -0.39 is 0 Å². The lowest BCUT2D eigenvalue weighted by Gasteiger charge is -2.33. The van der Waals surface area contributed by atoms with Crippen LogP contribution in [0, 0.1) is 18.3 Å². The first kappa shape index (κ1) is 19.6. The van der Waals surface area contributed by atoms with Crippen molar-refractivity contribution in [3.63, 3.8) is 0 Å². The maximum atomic E-state index is 12.9. The first-order chi connectivity index (χ1) is 14.5. The number of aromatic nitrogens is 3. The third kappa shape index (κ3) is 3.72. The maximum absolute atomic E-state index is 12.9. The summed E-state index contributed by atoms with van der Waals surface area (Å²) < 4.78 is 0. The predicted molar refractivity (Wildman–Crippen MR) is 118 cm³/mol. The summed E-state index contributed by atoms with van der Waals surface area (Å²) in [6.07, 6.45) is 3.22. The lowest BCUT2D eigenvalue weighted by atomic mass is 9.90. The first-order valence-electron chi connectivity index (χ1n) is 10.6. The third-order valence-electron chi connectivity index (χ3n) is 6.81. The van der Waals surface area contributed by atoms with Crippen LogP contribution in [-0.4, -0.2) is 50.8 Å². The summed E-state index contributed by atoms with van der Waals surface area (Å²) in [7, 11) is 1.91. The van der Waals surface area contributed by atoms with E-state index in [0.717, 1.165) is 67.0 Å². The van der Waals surface area contributed by atoms with Gasteiger partial charge in [0.05, 0.1) is 40.2 Å². The molecule has 3 aromatic rings. The smallest absolute Gasteiger partial charge is 0.226 e. The molecule has 1 spiro atoms. The highest BCUT2D eigenvalue weighted by atomic mass is 32.1. The Balaban J connectivity index is 1.18. The molecule has 2 aliphatic rings. The van der Waals surface area contributed by atoms with E-state index in [1.54, 1.807) is 11.3 Å². The maximum Gasteiger partial charge on any atom is 0.226 e. The van der Waals surface area contributed by atoms with Gasteiger partial charge < -0.3 is 4.90 Å². The van der Waals surface area contributed by atoms with Gasteiger partial charge in [0.1, 0.15) is 0 Å². The van der Waals surface area contributed by atoms with Crippen molar-refractivity contribution in [2.75, 3.05) is 20.1 Å². The van der Waals surface area contributed by atoms with Gasteiger partial charge in [-0.2, -0.15) is 0 Å². The minimum Gasteiger partial charge on any atom is -0.340 e. The SMILES string of the molecule is Cc1nc2ccccc2nc1CN1CCC2(CC1)CC2C(=O)N(C)Cc1cscn1. The van der Waals surface area contributed by atoms with Crippen LogP contribution in [0.5, 0.6) is 0 Å². The van der Waals surface area contributed by atoms with E-state index in [2.05, 4.69) is 9.88 Å². The van der Waals surface area contributed by atoms with Gasteiger partial charge in [0, 0.05) is 24.9 Å². The van der Waals surface area contributed by atoms with Crippen LogP contribution in [0.1, 0.15) is 36.3 Å². The van der Waals surface area contributed by atoms with Gasteiger partial charge in [-0.05, 0) is 56.8 Å². The van der Waals surface area contributed by atoms with Gasteiger partial charge in [-0.25, -0.2) is 15.0 Å². The number of thiazole rings is 1. The first-order valence-corrected chi connectivity index (χ1v) is 11.5. The number of aryl methyl sites for hydroxylation is 1. The second kappa shape index (κ2) is 7.71. The van der Waals surface area contributed by atoms with Crippen LogP contribution in [-0.2, 0) is 17.9 Å². The van der Waals surface area contributed by atoms with Gasteiger partial charge in [-0.1, -0.05) is 12.1 Å². The summed E-state index contributed by atoms with van der Waals surface area (Å²) in [6.45, 7) is 5.54. The van der Waals surface area contributed by atoms with Crippen molar-refractivity contribution in [1.82, 2.24) is 24.8 Å². The Kier molecular flexibility index (Phi) is 5.03. The van der Waals surface area contributed by atoms with Gasteiger partial charge in [0.25, 0.3) is 0 Å². The number of fused-ring (bicyclic) bond motifs is 1. The quantitative estimate of drug-likeness (QED) is 0.629. The topological polar surface area (TPSA) is 62.2 Å². The predicted octanol–water partition coefficient (Wildman–Crippen LogP) is 3.66. The number of likely N-dealkylation sites (tertiary alicyclic amines) is 1. The lowest BCUT2D eigenvalue weighted by Crippen LogP contribution is -2.37. The van der Waals surface area contributed by atoms with Crippen molar-refractivity contribution in [3.8, 4) is 0 Å². The van der Waals surface area contributed by atoms with Gasteiger partial charge in [0.15, 0.2) is 0 Å². The van der Waals surface area contributed by atoms with Crippen molar-refractivity contribution >= 4 is 28.3 Å². The summed E-state index contributed by atoms with van der Waals surface area (Å²) in [5.41, 5.74) is 7.01. The summed E-state index contributed by atoms with van der Waals surface area (Å²) in [5, 5.41) is 2.02. The molecule has 1 unspecified atom stereocenters. The highest BCUT2D eigenvalue weighted by Crippen LogP contribution is 2.60. The Morgan fingerprint density at radius 1 is 1.23 bits per heavy atom. The van der Waals surface area contributed by atoms with Gasteiger partial charge in [-0.3, -0.25) is 9.69 Å². The Bertz CT molecular complexity index is 1060. The third-order valence-corrected chi connectivity index (χ3v) is 7.45. The summed E-state index contributed by atoms with van der Waals surface area (Å²) >= 11 is 1.58. The molecule has 3 heterocycles. The molecule has 1 saturated heterocycles.